The van der Waals surface area contributed by atoms with Gasteiger partial charge in [0.25, 0.3) is 0 Å². The maximum Gasteiger partial charge on any atom is 0.109 e. The molecule has 0 aromatic heterocycles. The van der Waals surface area contributed by atoms with Crippen LogP contribution in [0.3, 0.4) is 0 Å². The Bertz CT molecular complexity index is 143. The summed E-state index contributed by atoms with van der Waals surface area (Å²) in [6.45, 7) is 3.22. The Morgan fingerprint density at radius 2 is 0.800 bits per heavy atom. The number of unbranched alkanes of at least 4 members (excludes halogenated alkanes) is 15. The number of rotatable bonds is 17. The van der Waals surface area contributed by atoms with Crippen LogP contribution in [0.4, 0.5) is 0 Å². The van der Waals surface area contributed by atoms with Gasteiger partial charge in [0, 0.05) is 0 Å². The topological polar surface area (TPSA) is 9.23 Å². The van der Waals surface area contributed by atoms with Gasteiger partial charge in [-0.3, -0.25) is 0 Å². The van der Waals surface area contributed by atoms with Crippen molar-refractivity contribution in [2.45, 2.75) is 110 Å². The summed E-state index contributed by atoms with van der Waals surface area (Å²) in [5.41, 5.74) is 0. The number of halogens is 1. The molecule has 0 fully saturated rings. The third kappa shape index (κ3) is 18.7. The Morgan fingerprint density at radius 3 is 1.10 bits per heavy atom. The summed E-state index contributed by atoms with van der Waals surface area (Å²) < 4.78 is 5.03. The molecule has 0 aliphatic rings. The molecule has 0 heterocycles. The van der Waals surface area contributed by atoms with Gasteiger partial charge in [-0.25, -0.2) is 0 Å². The van der Waals surface area contributed by atoms with Crippen LogP contribution in [0, 0.1) is 0 Å². The van der Waals surface area contributed by atoms with Crippen LogP contribution in [-0.2, 0) is 3.07 Å². The molecule has 0 aliphatic carbocycles. The second kappa shape index (κ2) is 19.7. The summed E-state index contributed by atoms with van der Waals surface area (Å²) in [5, 5.41) is 0. The smallest absolute Gasteiger partial charge is 0.109 e. The van der Waals surface area contributed by atoms with Crippen molar-refractivity contribution in [3.05, 3.63) is 0 Å². The molecule has 0 aromatic carbocycles. The van der Waals surface area contributed by atoms with E-state index in [1.807, 2.05) is 23.0 Å². The fourth-order valence-corrected chi connectivity index (χ4v) is 3.02. The highest BCUT2D eigenvalue weighted by atomic mass is 127. The molecular formula is C18H37IO. The van der Waals surface area contributed by atoms with E-state index in [1.54, 1.807) is 0 Å². The highest BCUT2D eigenvalue weighted by Gasteiger charge is 1.94. The van der Waals surface area contributed by atoms with Crippen molar-refractivity contribution in [2.75, 3.05) is 6.61 Å². The summed E-state index contributed by atoms with van der Waals surface area (Å²) in [5.74, 6) is 0. The number of hydrogen-bond donors (Lipinski definition) is 0. The van der Waals surface area contributed by atoms with E-state index in [2.05, 4.69) is 6.92 Å². The molecule has 0 saturated heterocycles. The first kappa shape index (κ1) is 20.7. The highest BCUT2D eigenvalue weighted by Crippen LogP contribution is 2.13. The molecule has 0 saturated carbocycles. The fraction of sp³-hybridized carbons (Fsp3) is 1.00. The summed E-state index contributed by atoms with van der Waals surface area (Å²) in [6.07, 6.45) is 22.9. The molecule has 0 bridgehead atoms. The van der Waals surface area contributed by atoms with Crippen molar-refractivity contribution in [1.29, 1.82) is 0 Å². The van der Waals surface area contributed by atoms with E-state index in [9.17, 15) is 0 Å². The third-order valence-corrected chi connectivity index (χ3v) is 4.52. The molecule has 0 spiro atoms. The Labute approximate surface area is 142 Å². The molecular weight excluding hydrogens is 359 g/mol. The summed E-state index contributed by atoms with van der Waals surface area (Å²) in [4.78, 5) is 0. The predicted molar refractivity (Wildman–Crippen MR) is 99.5 cm³/mol. The van der Waals surface area contributed by atoms with Crippen LogP contribution in [0.2, 0.25) is 0 Å². The summed E-state index contributed by atoms with van der Waals surface area (Å²) in [6, 6.07) is 0. The van der Waals surface area contributed by atoms with Crippen molar-refractivity contribution < 1.29 is 3.07 Å². The first-order valence-corrected chi connectivity index (χ1v) is 10.0. The van der Waals surface area contributed by atoms with Crippen LogP contribution in [0.5, 0.6) is 0 Å². The van der Waals surface area contributed by atoms with Crippen LogP contribution in [0.25, 0.3) is 0 Å². The van der Waals surface area contributed by atoms with Crippen molar-refractivity contribution in [3.8, 4) is 0 Å². The van der Waals surface area contributed by atoms with Gasteiger partial charge in [0.05, 0.1) is 6.61 Å². The largest absolute Gasteiger partial charge is 0.316 e. The SMILES string of the molecule is CCCCCCCCCCCCCCCCCCOI. The standard InChI is InChI=1S/C18H37IO/c1-2-3-4-5-6-7-8-9-10-11-12-13-14-15-16-17-18-20-19/h2-18H2,1H3. The molecule has 0 rings (SSSR count). The molecule has 0 aromatic rings. The molecule has 2 heteroatoms. The Balaban J connectivity index is 2.89. The zero-order valence-corrected chi connectivity index (χ0v) is 16.0. The Hall–Kier alpha value is 0.690. The van der Waals surface area contributed by atoms with E-state index in [0.29, 0.717) is 0 Å². The van der Waals surface area contributed by atoms with Crippen LogP contribution in [-0.4, -0.2) is 6.61 Å². The predicted octanol–water partition coefficient (Wildman–Crippen LogP) is 7.61. The maximum atomic E-state index is 5.03. The van der Waals surface area contributed by atoms with Crippen molar-refractivity contribution in [3.63, 3.8) is 0 Å². The van der Waals surface area contributed by atoms with E-state index >= 15 is 0 Å². The van der Waals surface area contributed by atoms with E-state index in [0.717, 1.165) is 6.61 Å². The Kier molecular flexibility index (Phi) is 20.4. The molecule has 20 heavy (non-hydrogen) atoms. The maximum absolute atomic E-state index is 5.03. The van der Waals surface area contributed by atoms with Gasteiger partial charge in [-0.15, -0.1) is 0 Å². The number of hydrogen-bond acceptors (Lipinski definition) is 1. The van der Waals surface area contributed by atoms with Gasteiger partial charge in [-0.2, -0.15) is 0 Å². The molecule has 0 aliphatic heterocycles. The second-order valence-corrected chi connectivity index (χ2v) is 6.74. The normalized spacial score (nSPS) is 11.1. The average molecular weight is 396 g/mol. The lowest BCUT2D eigenvalue weighted by Gasteiger charge is -2.03. The molecule has 0 N–H and O–H groups in total. The molecule has 1 nitrogen and oxygen atoms in total. The third-order valence-electron chi connectivity index (χ3n) is 4.08. The minimum absolute atomic E-state index is 0.930. The molecule has 0 unspecified atom stereocenters. The van der Waals surface area contributed by atoms with E-state index < -0.39 is 0 Å². The van der Waals surface area contributed by atoms with Gasteiger partial charge in [-0.05, 0) is 6.42 Å². The minimum Gasteiger partial charge on any atom is -0.316 e. The minimum atomic E-state index is 0.930. The van der Waals surface area contributed by atoms with Gasteiger partial charge in [0.2, 0.25) is 0 Å². The highest BCUT2D eigenvalue weighted by molar-refractivity contribution is 14.1. The average Bonchev–Trinajstić information content (AvgIpc) is 2.47. The van der Waals surface area contributed by atoms with Gasteiger partial charge in [-0.1, -0.05) is 103 Å². The zero-order valence-electron chi connectivity index (χ0n) is 13.8. The van der Waals surface area contributed by atoms with E-state index in [1.165, 1.54) is 103 Å². The Morgan fingerprint density at radius 1 is 0.500 bits per heavy atom. The van der Waals surface area contributed by atoms with Gasteiger partial charge in [0.15, 0.2) is 0 Å². The van der Waals surface area contributed by atoms with Crippen LogP contribution in [0.1, 0.15) is 110 Å². The molecule has 0 radical (unpaired) electrons. The summed E-state index contributed by atoms with van der Waals surface area (Å²) >= 11 is 1.99. The lowest BCUT2D eigenvalue weighted by atomic mass is 10.0. The molecule has 0 amide bonds. The van der Waals surface area contributed by atoms with E-state index in [4.69, 9.17) is 3.07 Å². The molecule has 0 atom stereocenters. The molecule has 122 valence electrons. The first-order valence-electron chi connectivity index (χ1n) is 9.15. The lowest BCUT2D eigenvalue weighted by molar-refractivity contribution is 0.399. The fourth-order valence-electron chi connectivity index (χ4n) is 2.70. The van der Waals surface area contributed by atoms with Crippen LogP contribution in [0.15, 0.2) is 0 Å². The van der Waals surface area contributed by atoms with Crippen molar-refractivity contribution in [2.24, 2.45) is 0 Å². The second-order valence-electron chi connectivity index (χ2n) is 6.12. The van der Waals surface area contributed by atoms with E-state index in [-0.39, 0.29) is 0 Å². The quantitative estimate of drug-likeness (QED) is 0.182. The van der Waals surface area contributed by atoms with Crippen LogP contribution < -0.4 is 0 Å². The zero-order chi connectivity index (χ0) is 14.7. The first-order chi connectivity index (χ1) is 9.91. The van der Waals surface area contributed by atoms with Crippen LogP contribution >= 0.6 is 23.0 Å². The van der Waals surface area contributed by atoms with Crippen molar-refractivity contribution >= 4 is 23.0 Å². The lowest BCUT2D eigenvalue weighted by Crippen LogP contribution is -1.85. The van der Waals surface area contributed by atoms with Gasteiger partial charge in [0.1, 0.15) is 23.0 Å². The van der Waals surface area contributed by atoms with Gasteiger partial charge >= 0.3 is 0 Å². The van der Waals surface area contributed by atoms with Gasteiger partial charge < -0.3 is 3.07 Å². The summed E-state index contributed by atoms with van der Waals surface area (Å²) in [7, 11) is 0. The van der Waals surface area contributed by atoms with Crippen molar-refractivity contribution in [1.82, 2.24) is 0 Å². The monoisotopic (exact) mass is 396 g/mol.